The van der Waals surface area contributed by atoms with Crippen LogP contribution in [0.2, 0.25) is 0 Å². The fourth-order valence-electron chi connectivity index (χ4n) is 5.22. The number of amidine groups is 1. The molecule has 188 valence electrons. The Morgan fingerprint density at radius 1 is 0.769 bits per heavy atom. The molecular formula is C34H26N4O. The Bertz CT molecular complexity index is 1930. The summed E-state index contributed by atoms with van der Waals surface area (Å²) < 4.78 is 7.81. The first-order valence-corrected chi connectivity index (χ1v) is 12.7. The molecule has 0 amide bonds. The van der Waals surface area contributed by atoms with Crippen LogP contribution >= 0.6 is 0 Å². The molecule has 0 saturated carbocycles. The predicted molar refractivity (Wildman–Crippen MR) is 158 cm³/mol. The standard InChI is InChI=1S/C34H26N4O/c1-39-29-10-3-6-23(16-29)21-38-32-13-11-26(24-7-2-5-22(15-24)20-35)18-30(32)31-19-27(12-14-33(31)38)25-8-4-9-28(17-25)34(36)37/h2-19H,21H2,1H3,(H3,36,37). The maximum atomic E-state index is 9.41. The average Bonchev–Trinajstić information content (AvgIpc) is 3.29. The van der Waals surface area contributed by atoms with Gasteiger partial charge >= 0.3 is 0 Å². The minimum absolute atomic E-state index is 0.0528. The number of hydrogen-bond donors (Lipinski definition) is 2. The number of benzene rings is 5. The van der Waals surface area contributed by atoms with E-state index < -0.39 is 0 Å². The van der Waals surface area contributed by atoms with E-state index in [9.17, 15) is 5.26 Å². The zero-order valence-electron chi connectivity index (χ0n) is 21.5. The minimum Gasteiger partial charge on any atom is -0.497 e. The molecule has 1 aromatic heterocycles. The summed E-state index contributed by atoms with van der Waals surface area (Å²) in [6.07, 6.45) is 0. The summed E-state index contributed by atoms with van der Waals surface area (Å²) in [5, 5.41) is 19.5. The highest BCUT2D eigenvalue weighted by molar-refractivity contribution is 6.10. The van der Waals surface area contributed by atoms with Gasteiger partial charge in [-0.1, -0.05) is 54.6 Å². The molecule has 5 aromatic carbocycles. The first kappa shape index (κ1) is 24.0. The number of ether oxygens (including phenoxy) is 1. The number of nitrogens with two attached hydrogens (primary N) is 1. The number of rotatable bonds is 6. The number of methoxy groups -OCH3 is 1. The summed E-state index contributed by atoms with van der Waals surface area (Å²) >= 11 is 0. The van der Waals surface area contributed by atoms with E-state index in [4.69, 9.17) is 15.9 Å². The molecule has 5 heteroatoms. The lowest BCUT2D eigenvalue weighted by Crippen LogP contribution is -2.10. The van der Waals surface area contributed by atoms with Crippen LogP contribution in [0.25, 0.3) is 44.1 Å². The van der Waals surface area contributed by atoms with Gasteiger partial charge in [-0.2, -0.15) is 5.26 Å². The van der Waals surface area contributed by atoms with Crippen LogP contribution in [0.1, 0.15) is 16.7 Å². The molecule has 6 aromatic rings. The SMILES string of the molecule is COc1cccc(Cn2c3ccc(-c4cccc(C#N)c4)cc3c3cc(-c4cccc(C(=N)N)c4)ccc32)c1. The molecule has 0 bridgehead atoms. The Morgan fingerprint density at radius 3 is 2.03 bits per heavy atom. The fourth-order valence-corrected chi connectivity index (χ4v) is 5.22. The molecule has 0 aliphatic carbocycles. The van der Waals surface area contributed by atoms with Crippen molar-refractivity contribution in [1.82, 2.24) is 4.57 Å². The molecule has 0 saturated heterocycles. The van der Waals surface area contributed by atoms with Gasteiger partial charge in [0, 0.05) is 33.9 Å². The van der Waals surface area contributed by atoms with E-state index in [2.05, 4.69) is 59.2 Å². The van der Waals surface area contributed by atoms with Crippen LogP contribution in [0.3, 0.4) is 0 Å². The van der Waals surface area contributed by atoms with Crippen molar-refractivity contribution in [3.8, 4) is 34.1 Å². The van der Waals surface area contributed by atoms with Crippen molar-refractivity contribution in [2.24, 2.45) is 5.73 Å². The quantitative estimate of drug-likeness (QED) is 0.183. The Hall–Kier alpha value is -5.34. The molecule has 39 heavy (non-hydrogen) atoms. The summed E-state index contributed by atoms with van der Waals surface area (Å²) in [5.41, 5.74) is 14.6. The summed E-state index contributed by atoms with van der Waals surface area (Å²) in [7, 11) is 1.69. The summed E-state index contributed by atoms with van der Waals surface area (Å²) in [5.74, 6) is 0.887. The number of aromatic nitrogens is 1. The van der Waals surface area contributed by atoms with Crippen LogP contribution in [0.15, 0.2) is 109 Å². The molecular weight excluding hydrogens is 480 g/mol. The monoisotopic (exact) mass is 506 g/mol. The van der Waals surface area contributed by atoms with Crippen LogP contribution < -0.4 is 10.5 Å². The smallest absolute Gasteiger partial charge is 0.122 e. The third kappa shape index (κ3) is 4.49. The van der Waals surface area contributed by atoms with Gasteiger partial charge in [0.15, 0.2) is 0 Å². The number of hydrogen-bond acceptors (Lipinski definition) is 3. The van der Waals surface area contributed by atoms with Gasteiger partial charge in [-0.25, -0.2) is 0 Å². The molecule has 3 N–H and O–H groups in total. The second-order valence-corrected chi connectivity index (χ2v) is 9.59. The maximum absolute atomic E-state index is 9.41. The van der Waals surface area contributed by atoms with Gasteiger partial charge in [-0.15, -0.1) is 0 Å². The van der Waals surface area contributed by atoms with Gasteiger partial charge in [-0.05, 0) is 82.4 Å². The lowest BCUT2D eigenvalue weighted by molar-refractivity contribution is 0.414. The highest BCUT2D eigenvalue weighted by Gasteiger charge is 2.14. The number of nitrogens with zero attached hydrogens (tertiary/aromatic N) is 2. The molecule has 0 unspecified atom stereocenters. The molecule has 0 atom stereocenters. The van der Waals surface area contributed by atoms with Crippen molar-refractivity contribution in [3.05, 3.63) is 126 Å². The third-order valence-electron chi connectivity index (χ3n) is 7.17. The average molecular weight is 507 g/mol. The molecule has 0 radical (unpaired) electrons. The van der Waals surface area contributed by atoms with Gasteiger partial charge in [0.25, 0.3) is 0 Å². The molecule has 0 spiro atoms. The van der Waals surface area contributed by atoms with E-state index in [1.54, 1.807) is 7.11 Å². The highest BCUT2D eigenvalue weighted by atomic mass is 16.5. The van der Waals surface area contributed by atoms with E-state index in [1.807, 2.05) is 60.7 Å². The number of nitrogen functional groups attached to an aromatic ring is 1. The van der Waals surface area contributed by atoms with E-state index >= 15 is 0 Å². The van der Waals surface area contributed by atoms with Gasteiger partial charge < -0.3 is 15.0 Å². The van der Waals surface area contributed by atoms with Crippen molar-refractivity contribution >= 4 is 27.6 Å². The Kier molecular flexibility index (Phi) is 6.07. The number of fused-ring (bicyclic) bond motifs is 3. The van der Waals surface area contributed by atoms with Crippen molar-refractivity contribution in [2.45, 2.75) is 6.54 Å². The van der Waals surface area contributed by atoms with Crippen molar-refractivity contribution in [2.75, 3.05) is 7.11 Å². The van der Waals surface area contributed by atoms with Crippen LogP contribution in [0, 0.1) is 16.7 Å². The number of nitrogens with one attached hydrogen (secondary N) is 1. The van der Waals surface area contributed by atoms with Crippen LogP contribution in [0.5, 0.6) is 5.75 Å². The van der Waals surface area contributed by atoms with E-state index in [1.165, 1.54) is 0 Å². The zero-order valence-corrected chi connectivity index (χ0v) is 21.5. The van der Waals surface area contributed by atoms with Gasteiger partial charge in [0.1, 0.15) is 11.6 Å². The molecule has 6 rings (SSSR count). The summed E-state index contributed by atoms with van der Waals surface area (Å²) in [6.45, 7) is 0.694. The molecule has 0 fully saturated rings. The Morgan fingerprint density at radius 2 is 1.38 bits per heavy atom. The maximum Gasteiger partial charge on any atom is 0.122 e. The minimum atomic E-state index is 0.0528. The van der Waals surface area contributed by atoms with Gasteiger partial charge in [-0.3, -0.25) is 5.41 Å². The summed E-state index contributed by atoms with van der Waals surface area (Å²) in [6, 6.07) is 38.9. The second kappa shape index (κ2) is 9.85. The van der Waals surface area contributed by atoms with Crippen LogP contribution in [-0.4, -0.2) is 17.5 Å². The van der Waals surface area contributed by atoms with Gasteiger partial charge in [0.05, 0.1) is 18.7 Å². The number of nitriles is 1. The summed E-state index contributed by atoms with van der Waals surface area (Å²) in [4.78, 5) is 0. The fraction of sp³-hybridized carbons (Fsp3) is 0.0588. The van der Waals surface area contributed by atoms with Gasteiger partial charge in [0.2, 0.25) is 0 Å². The first-order valence-electron chi connectivity index (χ1n) is 12.7. The largest absolute Gasteiger partial charge is 0.497 e. The Labute approximate surface area is 226 Å². The molecule has 0 aliphatic rings. The topological polar surface area (TPSA) is 87.8 Å². The van der Waals surface area contributed by atoms with Crippen molar-refractivity contribution in [1.29, 1.82) is 10.7 Å². The lowest BCUT2D eigenvalue weighted by atomic mass is 9.98. The molecule has 0 aliphatic heterocycles. The molecule has 1 heterocycles. The lowest BCUT2D eigenvalue weighted by Gasteiger charge is -2.10. The zero-order chi connectivity index (χ0) is 26.9. The van der Waals surface area contributed by atoms with Crippen LogP contribution in [-0.2, 0) is 6.54 Å². The third-order valence-corrected chi connectivity index (χ3v) is 7.17. The van der Waals surface area contributed by atoms with E-state index in [0.717, 1.165) is 55.4 Å². The highest BCUT2D eigenvalue weighted by Crippen LogP contribution is 2.36. The van der Waals surface area contributed by atoms with E-state index in [0.29, 0.717) is 17.7 Å². The predicted octanol–water partition coefficient (Wildman–Crippen LogP) is 7.34. The normalized spacial score (nSPS) is 11.0. The molecule has 5 nitrogen and oxygen atoms in total. The van der Waals surface area contributed by atoms with Crippen LogP contribution in [0.4, 0.5) is 0 Å². The van der Waals surface area contributed by atoms with E-state index in [-0.39, 0.29) is 5.84 Å². The van der Waals surface area contributed by atoms with Crippen molar-refractivity contribution < 1.29 is 4.74 Å². The second-order valence-electron chi connectivity index (χ2n) is 9.59. The first-order chi connectivity index (χ1) is 19.0. The van der Waals surface area contributed by atoms with Crippen molar-refractivity contribution in [3.63, 3.8) is 0 Å². The Balaban J connectivity index is 1.57.